The summed E-state index contributed by atoms with van der Waals surface area (Å²) in [7, 11) is 1.65. The predicted octanol–water partition coefficient (Wildman–Crippen LogP) is 3.22. The quantitative estimate of drug-likeness (QED) is 0.344. The number of carbonyl (C=O) groups excluding carboxylic acids is 1. The highest BCUT2D eigenvalue weighted by Crippen LogP contribution is 2.12. The van der Waals surface area contributed by atoms with Crippen LogP contribution in [0.15, 0.2) is 17.8 Å². The van der Waals surface area contributed by atoms with Crippen molar-refractivity contribution < 1.29 is 9.53 Å². The van der Waals surface area contributed by atoms with Gasteiger partial charge in [-0.25, -0.2) is 14.8 Å². The number of amides is 1. The Morgan fingerprint density at radius 2 is 2.06 bits per heavy atom. The van der Waals surface area contributed by atoms with E-state index in [-0.39, 0.29) is 5.29 Å². The van der Waals surface area contributed by atoms with Crippen LogP contribution < -0.4 is 0 Å². The Morgan fingerprint density at radius 3 is 2.44 bits per heavy atom. The average molecular weight is 276 g/mol. The first-order valence-corrected chi connectivity index (χ1v) is 6.19. The molecule has 1 amide bonds. The van der Waals surface area contributed by atoms with Crippen LogP contribution in [0.1, 0.15) is 34.1 Å². The number of hydrogen-bond donors (Lipinski definition) is 0. The van der Waals surface area contributed by atoms with E-state index in [4.69, 9.17) is 16.3 Å². The van der Waals surface area contributed by atoms with Crippen molar-refractivity contribution in [2.24, 2.45) is 4.99 Å². The van der Waals surface area contributed by atoms with Gasteiger partial charge in [0.05, 0.1) is 0 Å². The largest absolute Gasteiger partial charge is 0.442 e. The van der Waals surface area contributed by atoms with Gasteiger partial charge >= 0.3 is 6.09 Å². The van der Waals surface area contributed by atoms with E-state index in [0.29, 0.717) is 6.54 Å². The van der Waals surface area contributed by atoms with Crippen LogP contribution in [-0.2, 0) is 4.74 Å². The highest BCUT2D eigenvalue weighted by molar-refractivity contribution is 6.64. The SMILES string of the molecule is C=C/N=C(/Cl)N(C)N(CCC)C(=O)OC(C)(C)C. The van der Waals surface area contributed by atoms with Crippen molar-refractivity contribution in [1.82, 2.24) is 10.0 Å². The van der Waals surface area contributed by atoms with E-state index in [9.17, 15) is 4.79 Å². The summed E-state index contributed by atoms with van der Waals surface area (Å²) in [4.78, 5) is 15.9. The number of hydrazine groups is 1. The number of amidine groups is 1. The summed E-state index contributed by atoms with van der Waals surface area (Å²) in [5, 5.41) is 3.01. The summed E-state index contributed by atoms with van der Waals surface area (Å²) in [6, 6.07) is 0. The van der Waals surface area contributed by atoms with Gasteiger partial charge in [-0.1, -0.05) is 13.5 Å². The van der Waals surface area contributed by atoms with Gasteiger partial charge in [0.25, 0.3) is 0 Å². The van der Waals surface area contributed by atoms with Gasteiger partial charge in [0, 0.05) is 19.8 Å². The minimum Gasteiger partial charge on any atom is -0.442 e. The van der Waals surface area contributed by atoms with Crippen LogP contribution in [-0.4, -0.2) is 40.6 Å². The molecule has 0 heterocycles. The van der Waals surface area contributed by atoms with E-state index in [1.54, 1.807) is 7.05 Å². The van der Waals surface area contributed by atoms with E-state index in [1.807, 2.05) is 27.7 Å². The van der Waals surface area contributed by atoms with Gasteiger partial charge in [0.15, 0.2) is 0 Å². The Hall–Kier alpha value is -1.23. The van der Waals surface area contributed by atoms with E-state index in [2.05, 4.69) is 11.6 Å². The van der Waals surface area contributed by atoms with Crippen LogP contribution in [0.3, 0.4) is 0 Å². The molecule has 0 saturated heterocycles. The molecule has 0 rings (SSSR count). The van der Waals surface area contributed by atoms with Gasteiger partial charge in [-0.3, -0.25) is 5.01 Å². The molecule has 0 radical (unpaired) electrons. The lowest BCUT2D eigenvalue weighted by Crippen LogP contribution is -2.48. The van der Waals surface area contributed by atoms with Crippen molar-refractivity contribution in [3.05, 3.63) is 12.8 Å². The number of hydrogen-bond acceptors (Lipinski definition) is 3. The Labute approximate surface area is 114 Å². The Kier molecular flexibility index (Phi) is 6.76. The standard InChI is InChI=1S/C12H22ClN3O2/c1-7-9-16(11(17)18-12(3,4)5)15(6)10(13)14-8-2/h8H,2,7,9H2,1,3-6H3/b14-10-. The number of halogens is 1. The number of nitrogens with zero attached hydrogens (tertiary/aromatic N) is 3. The molecule has 0 atom stereocenters. The van der Waals surface area contributed by atoms with E-state index >= 15 is 0 Å². The van der Waals surface area contributed by atoms with Crippen LogP contribution in [0, 0.1) is 0 Å². The molecule has 0 saturated carbocycles. The smallest absolute Gasteiger partial charge is 0.429 e. The third-order valence-electron chi connectivity index (χ3n) is 1.87. The van der Waals surface area contributed by atoms with Crippen molar-refractivity contribution in [3.63, 3.8) is 0 Å². The molecule has 0 aliphatic rings. The molecule has 0 aliphatic carbocycles. The minimum atomic E-state index is -0.550. The van der Waals surface area contributed by atoms with Gasteiger partial charge in [0.1, 0.15) is 5.60 Å². The van der Waals surface area contributed by atoms with Crippen molar-refractivity contribution in [2.45, 2.75) is 39.7 Å². The molecule has 0 aromatic carbocycles. The second-order valence-electron chi connectivity index (χ2n) is 4.71. The monoisotopic (exact) mass is 275 g/mol. The molecule has 0 fully saturated rings. The molecule has 0 N–H and O–H groups in total. The van der Waals surface area contributed by atoms with E-state index in [1.165, 1.54) is 16.2 Å². The Balaban J connectivity index is 4.90. The zero-order valence-corrected chi connectivity index (χ0v) is 12.5. The number of ether oxygens (including phenoxy) is 1. The van der Waals surface area contributed by atoms with Crippen LogP contribution >= 0.6 is 11.6 Å². The molecule has 0 bridgehead atoms. The summed E-state index contributed by atoms with van der Waals surface area (Å²) < 4.78 is 5.31. The van der Waals surface area contributed by atoms with Gasteiger partial charge in [-0.05, 0) is 38.8 Å². The normalized spacial score (nSPS) is 12.0. The fourth-order valence-electron chi connectivity index (χ4n) is 1.15. The van der Waals surface area contributed by atoms with Crippen LogP contribution in [0.25, 0.3) is 0 Å². The number of rotatable bonds is 3. The summed E-state index contributed by atoms with van der Waals surface area (Å²) in [6.45, 7) is 11.4. The maximum absolute atomic E-state index is 12.0. The lowest BCUT2D eigenvalue weighted by Gasteiger charge is -2.33. The third-order valence-corrected chi connectivity index (χ3v) is 2.21. The van der Waals surface area contributed by atoms with Gasteiger partial charge < -0.3 is 4.74 Å². The molecule has 0 unspecified atom stereocenters. The first-order valence-electron chi connectivity index (χ1n) is 5.81. The molecule has 6 heteroatoms. The first kappa shape index (κ1) is 16.8. The van der Waals surface area contributed by atoms with Gasteiger partial charge in [-0.15, -0.1) is 0 Å². The second kappa shape index (κ2) is 7.26. The minimum absolute atomic E-state index is 0.157. The van der Waals surface area contributed by atoms with Crippen LogP contribution in [0.2, 0.25) is 0 Å². The molecule has 5 nitrogen and oxygen atoms in total. The maximum Gasteiger partial charge on any atom is 0.429 e. The van der Waals surface area contributed by atoms with E-state index < -0.39 is 11.7 Å². The Morgan fingerprint density at radius 1 is 1.50 bits per heavy atom. The maximum atomic E-state index is 12.0. The van der Waals surface area contributed by atoms with Crippen molar-refractivity contribution in [3.8, 4) is 0 Å². The zero-order chi connectivity index (χ0) is 14.3. The lowest BCUT2D eigenvalue weighted by molar-refractivity contribution is -0.0122. The predicted molar refractivity (Wildman–Crippen MR) is 74.5 cm³/mol. The summed E-state index contributed by atoms with van der Waals surface area (Å²) in [5.74, 6) is 0. The van der Waals surface area contributed by atoms with Gasteiger partial charge in [0.2, 0.25) is 5.29 Å². The molecule has 0 aliphatic heterocycles. The molecule has 0 spiro atoms. The summed E-state index contributed by atoms with van der Waals surface area (Å²) in [6.07, 6.45) is 1.64. The zero-order valence-electron chi connectivity index (χ0n) is 11.7. The van der Waals surface area contributed by atoms with Crippen LogP contribution in [0.4, 0.5) is 4.79 Å². The fourth-order valence-corrected chi connectivity index (χ4v) is 1.31. The van der Waals surface area contributed by atoms with Crippen molar-refractivity contribution in [1.29, 1.82) is 0 Å². The third kappa shape index (κ3) is 5.91. The molecule has 18 heavy (non-hydrogen) atoms. The summed E-state index contributed by atoms with van der Waals surface area (Å²) in [5.41, 5.74) is -0.550. The molecule has 0 aromatic heterocycles. The highest BCUT2D eigenvalue weighted by atomic mass is 35.5. The number of carbonyl (C=O) groups is 1. The first-order chi connectivity index (χ1) is 8.22. The van der Waals surface area contributed by atoms with E-state index in [0.717, 1.165) is 6.42 Å². The fraction of sp³-hybridized carbons (Fsp3) is 0.667. The molecule has 0 aromatic rings. The lowest BCUT2D eigenvalue weighted by atomic mass is 10.2. The topological polar surface area (TPSA) is 45.1 Å². The van der Waals surface area contributed by atoms with Crippen molar-refractivity contribution >= 4 is 23.0 Å². The highest BCUT2D eigenvalue weighted by Gasteiger charge is 2.25. The van der Waals surface area contributed by atoms with Crippen LogP contribution in [0.5, 0.6) is 0 Å². The average Bonchev–Trinajstić information content (AvgIpc) is 2.22. The summed E-state index contributed by atoms with van der Waals surface area (Å²) >= 11 is 5.93. The molecular formula is C12H22ClN3O2. The van der Waals surface area contributed by atoms with Crippen molar-refractivity contribution in [2.75, 3.05) is 13.6 Å². The van der Waals surface area contributed by atoms with Gasteiger partial charge in [-0.2, -0.15) is 0 Å². The second-order valence-corrected chi connectivity index (χ2v) is 5.05. The molecule has 104 valence electrons. The Bertz CT molecular complexity index is 324. The number of aliphatic imine (C=N–C) groups is 1. The molecular weight excluding hydrogens is 254 g/mol.